The van der Waals surface area contributed by atoms with Crippen molar-refractivity contribution in [2.75, 3.05) is 6.61 Å². The van der Waals surface area contributed by atoms with Crippen LogP contribution in [0.1, 0.15) is 11.1 Å². The molecule has 0 saturated heterocycles. The van der Waals surface area contributed by atoms with E-state index in [0.29, 0.717) is 12.3 Å². The van der Waals surface area contributed by atoms with Gasteiger partial charge in [-0.2, -0.15) is 0 Å². The molecule has 0 unspecified atom stereocenters. The van der Waals surface area contributed by atoms with Crippen LogP contribution < -0.4 is 10.1 Å². The fraction of sp³-hybridized carbons (Fsp3) is 0.158. The van der Waals surface area contributed by atoms with Crippen molar-refractivity contribution in [2.45, 2.75) is 13.5 Å². The monoisotopic (exact) mass is 306 g/mol. The van der Waals surface area contributed by atoms with Crippen LogP contribution in [-0.4, -0.2) is 17.5 Å². The quantitative estimate of drug-likeness (QED) is 0.787. The van der Waals surface area contributed by atoms with E-state index in [2.05, 4.69) is 16.4 Å². The number of aryl methyl sites for hydroxylation is 1. The lowest BCUT2D eigenvalue weighted by molar-refractivity contribution is -0.123. The molecule has 0 fully saturated rings. The van der Waals surface area contributed by atoms with Gasteiger partial charge in [-0.3, -0.25) is 9.78 Å². The zero-order valence-electron chi connectivity index (χ0n) is 13.0. The Morgan fingerprint density at radius 3 is 2.83 bits per heavy atom. The van der Waals surface area contributed by atoms with Crippen molar-refractivity contribution in [2.24, 2.45) is 0 Å². The summed E-state index contributed by atoms with van der Waals surface area (Å²) in [5, 5.41) is 3.85. The number of amides is 1. The Bertz CT molecular complexity index is 825. The molecule has 1 amide bonds. The SMILES string of the molecule is Cc1cccc(CNC(=O)COc2cccc3cccnc23)c1. The van der Waals surface area contributed by atoms with Crippen LogP contribution in [0.4, 0.5) is 0 Å². The van der Waals surface area contributed by atoms with Crippen molar-refractivity contribution in [1.29, 1.82) is 0 Å². The van der Waals surface area contributed by atoms with Crippen LogP contribution in [0.2, 0.25) is 0 Å². The molecule has 0 atom stereocenters. The fourth-order valence-electron chi connectivity index (χ4n) is 2.41. The van der Waals surface area contributed by atoms with Crippen LogP contribution in [0, 0.1) is 6.92 Å². The first-order valence-corrected chi connectivity index (χ1v) is 7.51. The van der Waals surface area contributed by atoms with Crippen molar-refractivity contribution in [3.63, 3.8) is 0 Å². The number of carbonyl (C=O) groups is 1. The molecule has 23 heavy (non-hydrogen) atoms. The Balaban J connectivity index is 1.58. The summed E-state index contributed by atoms with van der Waals surface area (Å²) in [7, 11) is 0. The van der Waals surface area contributed by atoms with Crippen LogP contribution >= 0.6 is 0 Å². The van der Waals surface area contributed by atoms with Gasteiger partial charge in [0.25, 0.3) is 5.91 Å². The van der Waals surface area contributed by atoms with E-state index >= 15 is 0 Å². The Hall–Kier alpha value is -2.88. The van der Waals surface area contributed by atoms with Crippen LogP contribution in [0.3, 0.4) is 0 Å². The zero-order chi connectivity index (χ0) is 16.1. The van der Waals surface area contributed by atoms with Crippen molar-refractivity contribution < 1.29 is 9.53 Å². The fourth-order valence-corrected chi connectivity index (χ4v) is 2.41. The molecule has 1 heterocycles. The highest BCUT2D eigenvalue weighted by Gasteiger charge is 2.06. The summed E-state index contributed by atoms with van der Waals surface area (Å²) in [4.78, 5) is 16.3. The number of ether oxygens (including phenoxy) is 1. The molecular weight excluding hydrogens is 288 g/mol. The first-order valence-electron chi connectivity index (χ1n) is 7.51. The molecule has 0 aliphatic carbocycles. The van der Waals surface area contributed by atoms with Gasteiger partial charge >= 0.3 is 0 Å². The van der Waals surface area contributed by atoms with Gasteiger partial charge in [0.1, 0.15) is 11.3 Å². The van der Waals surface area contributed by atoms with Crippen LogP contribution in [0.25, 0.3) is 10.9 Å². The molecule has 0 bridgehead atoms. The molecule has 1 aromatic heterocycles. The molecule has 3 aromatic rings. The molecule has 1 N–H and O–H groups in total. The number of nitrogens with zero attached hydrogens (tertiary/aromatic N) is 1. The maximum absolute atomic E-state index is 12.0. The van der Waals surface area contributed by atoms with Gasteiger partial charge in [0.15, 0.2) is 6.61 Å². The van der Waals surface area contributed by atoms with E-state index < -0.39 is 0 Å². The second-order valence-electron chi connectivity index (χ2n) is 5.39. The summed E-state index contributed by atoms with van der Waals surface area (Å²) in [6.07, 6.45) is 1.72. The van der Waals surface area contributed by atoms with Gasteiger partial charge in [0, 0.05) is 18.1 Å². The number of pyridine rings is 1. The highest BCUT2D eigenvalue weighted by atomic mass is 16.5. The van der Waals surface area contributed by atoms with E-state index in [-0.39, 0.29) is 12.5 Å². The third kappa shape index (κ3) is 3.86. The first-order chi connectivity index (χ1) is 11.2. The Morgan fingerprint density at radius 1 is 1.13 bits per heavy atom. The number of hydrogen-bond donors (Lipinski definition) is 1. The second kappa shape index (κ2) is 6.92. The average molecular weight is 306 g/mol. The molecule has 4 heteroatoms. The largest absolute Gasteiger partial charge is 0.481 e. The summed E-state index contributed by atoms with van der Waals surface area (Å²) < 4.78 is 5.62. The minimum Gasteiger partial charge on any atom is -0.481 e. The molecule has 0 aliphatic heterocycles. The number of fused-ring (bicyclic) bond motifs is 1. The average Bonchev–Trinajstić information content (AvgIpc) is 2.58. The summed E-state index contributed by atoms with van der Waals surface area (Å²) in [6, 6.07) is 17.6. The lowest BCUT2D eigenvalue weighted by atomic mass is 10.1. The molecule has 2 aromatic carbocycles. The topological polar surface area (TPSA) is 51.2 Å². The highest BCUT2D eigenvalue weighted by Crippen LogP contribution is 2.22. The van der Waals surface area contributed by atoms with Crippen LogP contribution in [0.5, 0.6) is 5.75 Å². The smallest absolute Gasteiger partial charge is 0.258 e. The predicted octanol–water partition coefficient (Wildman–Crippen LogP) is 3.24. The Labute approximate surface area is 135 Å². The molecule has 4 nitrogen and oxygen atoms in total. The van der Waals surface area contributed by atoms with Crippen molar-refractivity contribution in [3.05, 3.63) is 71.9 Å². The van der Waals surface area contributed by atoms with Crippen molar-refractivity contribution in [3.8, 4) is 5.75 Å². The summed E-state index contributed by atoms with van der Waals surface area (Å²) >= 11 is 0. The number of carbonyl (C=O) groups excluding carboxylic acids is 1. The number of para-hydroxylation sites is 1. The molecular formula is C19H18N2O2. The van der Waals surface area contributed by atoms with Gasteiger partial charge in [-0.15, -0.1) is 0 Å². The van der Waals surface area contributed by atoms with Crippen molar-refractivity contribution in [1.82, 2.24) is 10.3 Å². The summed E-state index contributed by atoms with van der Waals surface area (Å²) in [5.41, 5.74) is 3.02. The number of aromatic nitrogens is 1. The lowest BCUT2D eigenvalue weighted by Crippen LogP contribution is -2.28. The normalized spacial score (nSPS) is 10.5. The zero-order valence-corrected chi connectivity index (χ0v) is 13.0. The maximum Gasteiger partial charge on any atom is 0.258 e. The van der Waals surface area contributed by atoms with Gasteiger partial charge in [0.2, 0.25) is 0 Å². The second-order valence-corrected chi connectivity index (χ2v) is 5.39. The van der Waals surface area contributed by atoms with E-state index in [9.17, 15) is 4.79 Å². The van der Waals surface area contributed by atoms with Gasteiger partial charge in [-0.05, 0) is 24.6 Å². The minimum absolute atomic E-state index is 0.0263. The molecule has 0 radical (unpaired) electrons. The molecule has 3 rings (SSSR count). The third-order valence-electron chi connectivity index (χ3n) is 3.53. The number of nitrogens with one attached hydrogen (secondary N) is 1. The Kier molecular flexibility index (Phi) is 4.52. The Morgan fingerprint density at radius 2 is 1.96 bits per heavy atom. The number of hydrogen-bond acceptors (Lipinski definition) is 3. The third-order valence-corrected chi connectivity index (χ3v) is 3.53. The summed E-state index contributed by atoms with van der Waals surface area (Å²) in [5.74, 6) is 0.466. The van der Waals surface area contributed by atoms with Crippen molar-refractivity contribution >= 4 is 16.8 Å². The summed E-state index contributed by atoms with van der Waals surface area (Å²) in [6.45, 7) is 2.50. The molecule has 0 saturated carbocycles. The molecule has 116 valence electrons. The van der Waals surface area contributed by atoms with Gasteiger partial charge in [0.05, 0.1) is 0 Å². The van der Waals surface area contributed by atoms with E-state index in [4.69, 9.17) is 4.74 Å². The molecule has 0 spiro atoms. The minimum atomic E-state index is -0.153. The van der Waals surface area contributed by atoms with Gasteiger partial charge in [-0.25, -0.2) is 0 Å². The van der Waals surface area contributed by atoms with E-state index in [0.717, 1.165) is 16.5 Å². The van der Waals surface area contributed by atoms with Crippen LogP contribution in [0.15, 0.2) is 60.8 Å². The molecule has 0 aliphatic rings. The maximum atomic E-state index is 12.0. The first kappa shape index (κ1) is 15.0. The standard InChI is InChI=1S/C19H18N2O2/c1-14-5-2-6-15(11-14)12-21-18(22)13-23-17-9-3-7-16-8-4-10-20-19(16)17/h2-11H,12-13H2,1H3,(H,21,22). The van der Waals surface area contributed by atoms with E-state index in [1.165, 1.54) is 5.56 Å². The van der Waals surface area contributed by atoms with E-state index in [1.54, 1.807) is 6.20 Å². The van der Waals surface area contributed by atoms with Crippen LogP contribution in [-0.2, 0) is 11.3 Å². The predicted molar refractivity (Wildman–Crippen MR) is 90.3 cm³/mol. The number of rotatable bonds is 5. The van der Waals surface area contributed by atoms with Gasteiger partial charge < -0.3 is 10.1 Å². The lowest BCUT2D eigenvalue weighted by Gasteiger charge is -2.09. The number of benzene rings is 2. The highest BCUT2D eigenvalue weighted by molar-refractivity contribution is 5.85. The van der Waals surface area contributed by atoms with E-state index in [1.807, 2.05) is 55.5 Å². The van der Waals surface area contributed by atoms with Gasteiger partial charge in [-0.1, -0.05) is 48.0 Å².